The molecule has 1 fully saturated rings. The summed E-state index contributed by atoms with van der Waals surface area (Å²) in [5.41, 5.74) is 5.93. The minimum absolute atomic E-state index is 0.137. The summed E-state index contributed by atoms with van der Waals surface area (Å²) >= 11 is 0. The summed E-state index contributed by atoms with van der Waals surface area (Å²) in [4.78, 5) is 22.3. The molecule has 6 nitrogen and oxygen atoms in total. The summed E-state index contributed by atoms with van der Waals surface area (Å²) in [5, 5.41) is 5.22. The molecule has 6 heteroatoms. The van der Waals surface area contributed by atoms with Crippen LogP contribution in [-0.4, -0.2) is 39.0 Å². The van der Waals surface area contributed by atoms with Gasteiger partial charge in [0, 0.05) is 42.5 Å². The Kier molecular flexibility index (Phi) is 4.05. The molecule has 0 bridgehead atoms. The molecule has 0 aliphatic carbocycles. The molecule has 26 heavy (non-hydrogen) atoms. The van der Waals surface area contributed by atoms with E-state index < -0.39 is 0 Å². The van der Waals surface area contributed by atoms with Crippen LogP contribution in [0.15, 0.2) is 16.7 Å². The second kappa shape index (κ2) is 6.27. The van der Waals surface area contributed by atoms with Crippen molar-refractivity contribution in [1.82, 2.24) is 20.0 Å². The van der Waals surface area contributed by atoms with Crippen LogP contribution in [0, 0.1) is 20.8 Å². The molecule has 4 rings (SSSR count). The Bertz CT molecular complexity index is 966. The zero-order valence-electron chi connectivity index (χ0n) is 15.7. The number of rotatable bonds is 2. The molecule has 0 aromatic carbocycles. The molecule has 4 heterocycles. The number of aromatic amines is 1. The Morgan fingerprint density at radius 1 is 1.31 bits per heavy atom. The number of fused-ring (bicyclic) bond motifs is 1. The number of H-pyrrole nitrogens is 1. The van der Waals surface area contributed by atoms with E-state index >= 15 is 0 Å². The number of aryl methyl sites for hydroxylation is 3. The number of carbonyl (C=O) groups is 1. The number of hydrogen-bond donors (Lipinski definition) is 1. The van der Waals surface area contributed by atoms with Crippen LogP contribution in [0.25, 0.3) is 22.2 Å². The van der Waals surface area contributed by atoms with Gasteiger partial charge in [0.15, 0.2) is 0 Å². The highest BCUT2D eigenvalue weighted by Crippen LogP contribution is 2.35. The van der Waals surface area contributed by atoms with Crippen LogP contribution in [0.2, 0.25) is 0 Å². The summed E-state index contributed by atoms with van der Waals surface area (Å²) in [7, 11) is 0. The maximum atomic E-state index is 11.9. The van der Waals surface area contributed by atoms with Crippen LogP contribution in [0.3, 0.4) is 0 Å². The van der Waals surface area contributed by atoms with Crippen molar-refractivity contribution in [2.45, 2.75) is 46.5 Å². The molecule has 3 aromatic heterocycles. The fraction of sp³-hybridized carbons (Fsp3) is 0.450. The first-order valence-corrected chi connectivity index (χ1v) is 9.13. The highest BCUT2D eigenvalue weighted by atomic mass is 16.5. The summed E-state index contributed by atoms with van der Waals surface area (Å²) < 4.78 is 5.35. The van der Waals surface area contributed by atoms with Crippen molar-refractivity contribution < 1.29 is 9.32 Å². The molecule has 1 amide bonds. The molecular formula is C20H24N4O2. The van der Waals surface area contributed by atoms with Crippen molar-refractivity contribution in [2.24, 2.45) is 0 Å². The predicted octanol–water partition coefficient (Wildman–Crippen LogP) is 3.87. The molecule has 1 saturated heterocycles. The maximum absolute atomic E-state index is 11.9. The molecule has 136 valence electrons. The van der Waals surface area contributed by atoms with E-state index in [1.165, 1.54) is 0 Å². The second-order valence-corrected chi connectivity index (χ2v) is 7.31. The third-order valence-electron chi connectivity index (χ3n) is 5.32. The first-order chi connectivity index (χ1) is 12.4. The lowest BCUT2D eigenvalue weighted by molar-refractivity contribution is -0.130. The molecule has 1 aliphatic rings. The van der Waals surface area contributed by atoms with Gasteiger partial charge in [0.05, 0.1) is 22.6 Å². The van der Waals surface area contributed by atoms with Gasteiger partial charge >= 0.3 is 0 Å². The molecule has 1 N–H and O–H groups in total. The van der Waals surface area contributed by atoms with E-state index in [1.54, 1.807) is 6.92 Å². The van der Waals surface area contributed by atoms with Gasteiger partial charge in [-0.05, 0) is 45.7 Å². The van der Waals surface area contributed by atoms with E-state index in [0.717, 1.165) is 70.9 Å². The highest BCUT2D eigenvalue weighted by molar-refractivity contribution is 5.87. The Morgan fingerprint density at radius 3 is 2.81 bits per heavy atom. The summed E-state index contributed by atoms with van der Waals surface area (Å²) in [6, 6.07) is 4.23. The van der Waals surface area contributed by atoms with Gasteiger partial charge in [0.2, 0.25) is 5.91 Å². The van der Waals surface area contributed by atoms with Crippen LogP contribution in [0.1, 0.15) is 48.5 Å². The minimum Gasteiger partial charge on any atom is -0.361 e. The van der Waals surface area contributed by atoms with Gasteiger partial charge < -0.3 is 14.4 Å². The van der Waals surface area contributed by atoms with Gasteiger partial charge in [-0.3, -0.25) is 9.78 Å². The van der Waals surface area contributed by atoms with Crippen molar-refractivity contribution >= 4 is 16.8 Å². The zero-order valence-corrected chi connectivity index (χ0v) is 15.7. The number of hydrogen-bond acceptors (Lipinski definition) is 4. The zero-order chi connectivity index (χ0) is 18.4. The highest BCUT2D eigenvalue weighted by Gasteiger charge is 2.27. The first kappa shape index (κ1) is 16.8. The fourth-order valence-corrected chi connectivity index (χ4v) is 4.07. The monoisotopic (exact) mass is 352 g/mol. The molecule has 0 saturated carbocycles. The van der Waals surface area contributed by atoms with Crippen LogP contribution >= 0.6 is 0 Å². The van der Waals surface area contributed by atoms with Crippen molar-refractivity contribution in [3.05, 3.63) is 35.0 Å². The summed E-state index contributed by atoms with van der Waals surface area (Å²) in [6.45, 7) is 9.13. The van der Waals surface area contributed by atoms with Gasteiger partial charge in [0.25, 0.3) is 0 Å². The van der Waals surface area contributed by atoms with Crippen LogP contribution in [-0.2, 0) is 4.79 Å². The number of nitrogens with zero attached hydrogens (tertiary/aromatic N) is 3. The van der Waals surface area contributed by atoms with Gasteiger partial charge in [-0.25, -0.2) is 0 Å². The second-order valence-electron chi connectivity index (χ2n) is 7.31. The first-order valence-electron chi connectivity index (χ1n) is 9.13. The number of amides is 1. The topological polar surface area (TPSA) is 75.0 Å². The van der Waals surface area contributed by atoms with Crippen molar-refractivity contribution in [1.29, 1.82) is 0 Å². The van der Waals surface area contributed by atoms with E-state index in [9.17, 15) is 4.79 Å². The minimum atomic E-state index is 0.137. The number of aromatic nitrogens is 3. The average molecular weight is 352 g/mol. The van der Waals surface area contributed by atoms with Crippen molar-refractivity contribution in [3.63, 3.8) is 0 Å². The van der Waals surface area contributed by atoms with Crippen LogP contribution in [0.5, 0.6) is 0 Å². The number of nitrogens with one attached hydrogen (secondary N) is 1. The predicted molar refractivity (Wildman–Crippen MR) is 100 cm³/mol. The number of piperidine rings is 1. The normalized spacial score (nSPS) is 17.8. The molecule has 1 unspecified atom stereocenters. The number of pyridine rings is 1. The number of likely N-dealkylation sites (tertiary alicyclic amines) is 1. The lowest BCUT2D eigenvalue weighted by Crippen LogP contribution is -2.37. The summed E-state index contributed by atoms with van der Waals surface area (Å²) in [6.07, 6.45) is 2.05. The van der Waals surface area contributed by atoms with Gasteiger partial charge in [-0.1, -0.05) is 5.16 Å². The van der Waals surface area contributed by atoms with E-state index in [-0.39, 0.29) is 11.8 Å². The van der Waals surface area contributed by atoms with E-state index in [1.807, 2.05) is 18.7 Å². The molecule has 3 aromatic rings. The van der Waals surface area contributed by atoms with E-state index in [2.05, 4.69) is 29.2 Å². The largest absolute Gasteiger partial charge is 0.361 e. The lowest BCUT2D eigenvalue weighted by atomic mass is 9.91. The van der Waals surface area contributed by atoms with Crippen LogP contribution < -0.4 is 0 Å². The number of carbonyl (C=O) groups excluding carboxylic acids is 1. The summed E-state index contributed by atoms with van der Waals surface area (Å²) in [5.74, 6) is 1.15. The van der Waals surface area contributed by atoms with Crippen molar-refractivity contribution in [2.75, 3.05) is 13.1 Å². The molecular weight excluding hydrogens is 328 g/mol. The standard InChI is InChI=1S/C20H24N4O2/c1-11-8-16-17(21-11)9-18(19-12(2)23-26-13(19)3)22-20(16)15-6-5-7-24(10-15)14(4)25/h8-9,15,21H,5-7,10H2,1-4H3. The van der Waals surface area contributed by atoms with Crippen LogP contribution in [0.4, 0.5) is 0 Å². The Morgan fingerprint density at radius 2 is 2.12 bits per heavy atom. The van der Waals surface area contributed by atoms with Gasteiger partial charge in [-0.2, -0.15) is 0 Å². The SMILES string of the molecule is CC(=O)N1CCCC(c2nc(-c3c(C)noc3C)cc3[nH]c(C)cc23)C1. The average Bonchev–Trinajstić information content (AvgIpc) is 3.15. The van der Waals surface area contributed by atoms with E-state index in [0.29, 0.717) is 0 Å². The fourth-order valence-electron chi connectivity index (χ4n) is 4.07. The Balaban J connectivity index is 1.86. The van der Waals surface area contributed by atoms with Crippen molar-refractivity contribution in [3.8, 4) is 11.3 Å². The van der Waals surface area contributed by atoms with E-state index in [4.69, 9.17) is 9.51 Å². The Labute approximate surface area is 152 Å². The third kappa shape index (κ3) is 2.79. The molecule has 1 aliphatic heterocycles. The Hall–Kier alpha value is -2.63. The molecule has 1 atom stereocenters. The molecule has 0 spiro atoms. The third-order valence-corrected chi connectivity index (χ3v) is 5.32. The van der Waals surface area contributed by atoms with Gasteiger partial charge in [0.1, 0.15) is 5.76 Å². The maximum Gasteiger partial charge on any atom is 0.219 e. The quantitative estimate of drug-likeness (QED) is 0.760. The van der Waals surface area contributed by atoms with Gasteiger partial charge in [-0.15, -0.1) is 0 Å². The lowest BCUT2D eigenvalue weighted by Gasteiger charge is -2.32. The molecule has 0 radical (unpaired) electrons. The smallest absolute Gasteiger partial charge is 0.219 e.